The topological polar surface area (TPSA) is 36.9 Å². The summed E-state index contributed by atoms with van der Waals surface area (Å²) < 4.78 is 26.9. The molecular weight excluding hydrogens is 787 g/mol. The van der Waals surface area contributed by atoms with Crippen molar-refractivity contribution in [3.8, 4) is 28.4 Å². The van der Waals surface area contributed by atoms with Crippen molar-refractivity contribution in [3.05, 3.63) is 137 Å². The summed E-state index contributed by atoms with van der Waals surface area (Å²) in [6.07, 6.45) is 0. The number of rotatable bonds is 10. The minimum atomic E-state index is -1.58. The van der Waals surface area contributed by atoms with Crippen molar-refractivity contribution in [3.63, 3.8) is 0 Å². The molecule has 0 saturated carbocycles. The second kappa shape index (κ2) is 17.8. The van der Waals surface area contributed by atoms with E-state index in [0.717, 1.165) is 39.0 Å². The summed E-state index contributed by atoms with van der Waals surface area (Å²) in [5.74, 6) is 2.58. The third-order valence-electron chi connectivity index (χ3n) is 11.2. The predicted molar refractivity (Wildman–Crippen MR) is 265 cm³/mol. The van der Waals surface area contributed by atoms with E-state index < -0.39 is 16.8 Å². The van der Waals surface area contributed by atoms with Gasteiger partial charge in [-0.2, -0.15) is 0 Å². The highest BCUT2D eigenvalue weighted by Crippen LogP contribution is 2.48. The van der Waals surface area contributed by atoms with Gasteiger partial charge in [0.25, 0.3) is 8.38 Å². The quantitative estimate of drug-likeness (QED) is 0.131. The van der Waals surface area contributed by atoms with Gasteiger partial charge >= 0.3 is 8.38 Å². The number of hydrogen-bond donors (Lipinski definition) is 0. The SMILES string of the molecule is COP(Oc1ccc(C(C)(C)C)cc1C(C)(C)C)c1ccc(-c2ccc(P(Oc3ccc(C(C)(C)C)cc3C(C)(C)C)Oc3ccc(C(C)(C)C)cc3C(C)(C)C)cc2)cc1. The van der Waals surface area contributed by atoms with Gasteiger partial charge in [-0.1, -0.05) is 185 Å². The molecule has 0 aliphatic heterocycles. The van der Waals surface area contributed by atoms with Crippen LogP contribution in [0.3, 0.4) is 0 Å². The minimum Gasteiger partial charge on any atom is -0.444 e. The monoisotopic (exact) mass is 861 g/mol. The Morgan fingerprint density at radius 3 is 0.820 bits per heavy atom. The Bertz CT molecular complexity index is 2190. The molecule has 0 aromatic heterocycles. The minimum absolute atomic E-state index is 0.0108. The molecular formula is C55H74O4P2. The maximum absolute atomic E-state index is 7.11. The zero-order valence-corrected chi connectivity index (χ0v) is 42.6. The molecule has 1 unspecified atom stereocenters. The van der Waals surface area contributed by atoms with Crippen LogP contribution in [0.25, 0.3) is 11.1 Å². The smallest absolute Gasteiger partial charge is 0.326 e. The molecule has 0 aliphatic carbocycles. The van der Waals surface area contributed by atoms with Gasteiger partial charge in [-0.15, -0.1) is 0 Å². The molecule has 328 valence electrons. The molecule has 61 heavy (non-hydrogen) atoms. The maximum atomic E-state index is 7.11. The first-order chi connectivity index (χ1) is 28.0. The Morgan fingerprint density at radius 1 is 0.311 bits per heavy atom. The normalized spacial score (nSPS) is 13.6. The summed E-state index contributed by atoms with van der Waals surface area (Å²) in [6.45, 7) is 40.5. The highest BCUT2D eigenvalue weighted by atomic mass is 31.2. The van der Waals surface area contributed by atoms with Crippen LogP contribution in [0.1, 0.15) is 158 Å². The average Bonchev–Trinajstić information content (AvgIpc) is 3.14. The first kappa shape index (κ1) is 48.4. The molecule has 0 fully saturated rings. The van der Waals surface area contributed by atoms with Crippen LogP contribution in [0.4, 0.5) is 0 Å². The van der Waals surface area contributed by atoms with Gasteiger partial charge in [0.1, 0.15) is 17.2 Å². The molecule has 5 aromatic carbocycles. The molecule has 0 N–H and O–H groups in total. The van der Waals surface area contributed by atoms with Crippen molar-refractivity contribution >= 4 is 27.4 Å². The molecule has 0 heterocycles. The molecule has 5 rings (SSSR count). The molecule has 0 radical (unpaired) electrons. The second-order valence-corrected chi connectivity index (χ2v) is 25.7. The zero-order valence-electron chi connectivity index (χ0n) is 40.8. The Hall–Kier alpha value is -3.68. The fourth-order valence-electron chi connectivity index (χ4n) is 7.13. The van der Waals surface area contributed by atoms with Crippen LogP contribution in [-0.2, 0) is 37.0 Å². The Balaban J connectivity index is 1.50. The lowest BCUT2D eigenvalue weighted by Crippen LogP contribution is -2.20. The van der Waals surface area contributed by atoms with E-state index in [0.29, 0.717) is 0 Å². The molecule has 5 aromatic rings. The highest BCUT2D eigenvalue weighted by molar-refractivity contribution is 7.57. The van der Waals surface area contributed by atoms with Gasteiger partial charge in [0.05, 0.1) is 5.30 Å². The van der Waals surface area contributed by atoms with Crippen LogP contribution in [0.5, 0.6) is 17.2 Å². The average molecular weight is 861 g/mol. The molecule has 1 atom stereocenters. The summed E-state index contributed by atoms with van der Waals surface area (Å²) in [7, 11) is -1.20. The van der Waals surface area contributed by atoms with E-state index >= 15 is 0 Å². The molecule has 0 spiro atoms. The van der Waals surface area contributed by atoms with Crippen LogP contribution < -0.4 is 24.2 Å². The molecule has 0 saturated heterocycles. The summed E-state index contributed by atoms with van der Waals surface area (Å²) in [5, 5.41) is 2.01. The zero-order chi connectivity index (χ0) is 45.5. The second-order valence-electron chi connectivity index (χ2n) is 22.7. The van der Waals surface area contributed by atoms with Crippen molar-refractivity contribution in [1.29, 1.82) is 0 Å². The molecule has 0 amide bonds. The van der Waals surface area contributed by atoms with Crippen LogP contribution in [0, 0.1) is 0 Å². The summed E-state index contributed by atoms with van der Waals surface area (Å²) in [4.78, 5) is 0. The Labute approximate surface area is 373 Å². The van der Waals surface area contributed by atoms with Crippen molar-refractivity contribution in [2.45, 2.75) is 157 Å². The van der Waals surface area contributed by atoms with Crippen molar-refractivity contribution in [2.75, 3.05) is 7.11 Å². The van der Waals surface area contributed by atoms with E-state index in [4.69, 9.17) is 18.1 Å². The van der Waals surface area contributed by atoms with Crippen molar-refractivity contribution in [1.82, 2.24) is 0 Å². The van der Waals surface area contributed by atoms with E-state index in [1.54, 1.807) is 7.11 Å². The summed E-state index contributed by atoms with van der Waals surface area (Å²) in [6, 6.07) is 37.2. The van der Waals surface area contributed by atoms with Gasteiger partial charge in [-0.25, -0.2) is 0 Å². The summed E-state index contributed by atoms with van der Waals surface area (Å²) in [5.41, 5.74) is 9.30. The predicted octanol–water partition coefficient (Wildman–Crippen LogP) is 15.9. The molecule has 6 heteroatoms. The fraction of sp³-hybridized carbons (Fsp3) is 0.455. The fourth-order valence-corrected chi connectivity index (χ4v) is 9.56. The van der Waals surface area contributed by atoms with E-state index in [1.807, 2.05) is 0 Å². The van der Waals surface area contributed by atoms with Gasteiger partial charge in [0.2, 0.25) is 0 Å². The van der Waals surface area contributed by atoms with Crippen LogP contribution in [0.15, 0.2) is 103 Å². The van der Waals surface area contributed by atoms with Crippen molar-refractivity contribution in [2.24, 2.45) is 0 Å². The Morgan fingerprint density at radius 2 is 0.574 bits per heavy atom. The van der Waals surface area contributed by atoms with Gasteiger partial charge in [-0.3, -0.25) is 0 Å². The molecule has 0 bridgehead atoms. The third kappa shape index (κ3) is 12.1. The summed E-state index contributed by atoms with van der Waals surface area (Å²) >= 11 is 0. The highest BCUT2D eigenvalue weighted by Gasteiger charge is 2.30. The Kier molecular flexibility index (Phi) is 14.1. The lowest BCUT2D eigenvalue weighted by molar-refractivity contribution is 0.400. The van der Waals surface area contributed by atoms with Gasteiger partial charge in [-0.05, 0) is 103 Å². The van der Waals surface area contributed by atoms with Crippen LogP contribution in [-0.4, -0.2) is 7.11 Å². The maximum Gasteiger partial charge on any atom is 0.326 e. The van der Waals surface area contributed by atoms with Gasteiger partial charge < -0.3 is 18.1 Å². The van der Waals surface area contributed by atoms with E-state index in [9.17, 15) is 0 Å². The van der Waals surface area contributed by atoms with Gasteiger partial charge in [0.15, 0.2) is 0 Å². The molecule has 0 aliphatic rings. The first-order valence-electron chi connectivity index (χ1n) is 21.8. The lowest BCUT2D eigenvalue weighted by atomic mass is 9.80. The van der Waals surface area contributed by atoms with Crippen LogP contribution in [0.2, 0.25) is 0 Å². The third-order valence-corrected chi connectivity index (χ3v) is 14.0. The molecule has 4 nitrogen and oxygen atoms in total. The first-order valence-corrected chi connectivity index (χ1v) is 24.2. The van der Waals surface area contributed by atoms with E-state index in [2.05, 4.69) is 228 Å². The van der Waals surface area contributed by atoms with Crippen molar-refractivity contribution < 1.29 is 18.1 Å². The van der Waals surface area contributed by atoms with E-state index in [-0.39, 0.29) is 32.5 Å². The van der Waals surface area contributed by atoms with E-state index in [1.165, 1.54) is 33.4 Å². The standard InChI is InChI=1S/C55H74O4P2/c1-50(2,3)39-24-31-47(44(34-39)53(10,11)12)57-60(56-19)42-27-20-37(21-28-42)38-22-29-43(30-23-38)61(58-48-32-25-40(51(4,5)6)35-45(48)54(13,14)15)59-49-33-26-41(52(7,8)9)36-46(49)55(16,17)18/h20-36H,1-19H3. The lowest BCUT2D eigenvalue weighted by Gasteiger charge is -2.30. The van der Waals surface area contributed by atoms with Gasteiger partial charge in [0, 0.05) is 29.1 Å². The largest absolute Gasteiger partial charge is 0.444 e. The number of benzene rings is 5. The number of hydrogen-bond acceptors (Lipinski definition) is 4. The van der Waals surface area contributed by atoms with Crippen LogP contribution >= 0.6 is 16.8 Å².